The fourth-order valence-corrected chi connectivity index (χ4v) is 2.64. The van der Waals surface area contributed by atoms with Crippen molar-refractivity contribution in [1.29, 1.82) is 0 Å². The summed E-state index contributed by atoms with van der Waals surface area (Å²) in [6.07, 6.45) is 1.80. The van der Waals surface area contributed by atoms with E-state index in [1.165, 1.54) is 0 Å². The second kappa shape index (κ2) is 7.28. The zero-order chi connectivity index (χ0) is 15.2. The van der Waals surface area contributed by atoms with Crippen LogP contribution in [-0.4, -0.2) is 5.91 Å². The lowest BCUT2D eigenvalue weighted by atomic mass is 9.93. The molecular formula is C18H20ClNO. The second-order valence-corrected chi connectivity index (χ2v) is 5.64. The van der Waals surface area contributed by atoms with Gasteiger partial charge in [-0.25, -0.2) is 0 Å². The van der Waals surface area contributed by atoms with Gasteiger partial charge in [-0.05, 0) is 42.7 Å². The average Bonchev–Trinajstić information content (AvgIpc) is 2.48. The van der Waals surface area contributed by atoms with Gasteiger partial charge in [0, 0.05) is 10.7 Å². The van der Waals surface area contributed by atoms with Gasteiger partial charge in [0.25, 0.3) is 0 Å². The summed E-state index contributed by atoms with van der Waals surface area (Å²) in [4.78, 5) is 12.6. The van der Waals surface area contributed by atoms with E-state index in [0.29, 0.717) is 5.02 Å². The number of halogens is 1. The van der Waals surface area contributed by atoms with Crippen molar-refractivity contribution in [2.45, 2.75) is 32.6 Å². The molecule has 0 aliphatic carbocycles. The minimum atomic E-state index is -0.119. The summed E-state index contributed by atoms with van der Waals surface area (Å²) in [5.41, 5.74) is 2.85. The minimum absolute atomic E-state index is 0.0356. The molecule has 0 aliphatic rings. The summed E-state index contributed by atoms with van der Waals surface area (Å²) >= 11 is 5.95. The molecule has 2 rings (SSSR count). The highest BCUT2D eigenvalue weighted by atomic mass is 35.5. The lowest BCUT2D eigenvalue weighted by Gasteiger charge is -2.17. The molecule has 2 aromatic carbocycles. The van der Waals surface area contributed by atoms with Gasteiger partial charge in [0.2, 0.25) is 5.91 Å². The van der Waals surface area contributed by atoms with Crippen LogP contribution in [0, 0.1) is 6.92 Å². The quantitative estimate of drug-likeness (QED) is 0.811. The third-order valence-electron chi connectivity index (χ3n) is 3.54. The number of rotatable bonds is 5. The summed E-state index contributed by atoms with van der Waals surface area (Å²) < 4.78 is 0. The molecule has 0 heterocycles. The van der Waals surface area contributed by atoms with E-state index in [0.717, 1.165) is 29.7 Å². The molecule has 0 saturated heterocycles. The van der Waals surface area contributed by atoms with Crippen LogP contribution in [0.15, 0.2) is 48.5 Å². The smallest absolute Gasteiger partial charge is 0.231 e. The molecule has 1 N–H and O–H groups in total. The van der Waals surface area contributed by atoms with Crippen LogP contribution in [0.4, 0.5) is 5.69 Å². The Morgan fingerprint density at radius 1 is 1.19 bits per heavy atom. The molecule has 0 saturated carbocycles. The van der Waals surface area contributed by atoms with Crippen LogP contribution in [0.25, 0.3) is 0 Å². The van der Waals surface area contributed by atoms with Crippen molar-refractivity contribution in [3.05, 3.63) is 64.7 Å². The normalized spacial score (nSPS) is 12.0. The first-order valence-electron chi connectivity index (χ1n) is 7.23. The summed E-state index contributed by atoms with van der Waals surface area (Å²) in [6, 6.07) is 15.4. The van der Waals surface area contributed by atoms with E-state index in [2.05, 4.69) is 12.2 Å². The largest absolute Gasteiger partial charge is 0.325 e. The Morgan fingerprint density at radius 3 is 2.52 bits per heavy atom. The highest BCUT2D eigenvalue weighted by Crippen LogP contribution is 2.25. The Bertz CT molecular complexity index is 610. The average molecular weight is 302 g/mol. The minimum Gasteiger partial charge on any atom is -0.325 e. The Morgan fingerprint density at radius 2 is 1.90 bits per heavy atom. The Kier molecular flexibility index (Phi) is 5.40. The van der Waals surface area contributed by atoms with E-state index < -0.39 is 0 Å². The van der Waals surface area contributed by atoms with Gasteiger partial charge >= 0.3 is 0 Å². The number of benzene rings is 2. The third-order valence-corrected chi connectivity index (χ3v) is 3.78. The maximum atomic E-state index is 12.6. The second-order valence-electron chi connectivity index (χ2n) is 5.20. The lowest BCUT2D eigenvalue weighted by molar-refractivity contribution is -0.117. The fourth-order valence-electron chi connectivity index (χ4n) is 2.41. The van der Waals surface area contributed by atoms with Crippen molar-refractivity contribution in [3.8, 4) is 0 Å². The van der Waals surface area contributed by atoms with E-state index in [4.69, 9.17) is 11.6 Å². The summed E-state index contributed by atoms with van der Waals surface area (Å²) in [7, 11) is 0. The standard InChI is InChI=1S/C18H20ClNO/c1-3-7-16(14-8-5-4-6-9-14)18(21)20-17-11-10-15(19)12-13(17)2/h4-6,8-12,16H,3,7H2,1-2H3,(H,20,21)/t16-/m1/s1. The zero-order valence-corrected chi connectivity index (χ0v) is 13.2. The maximum Gasteiger partial charge on any atom is 0.231 e. The van der Waals surface area contributed by atoms with Gasteiger partial charge in [-0.15, -0.1) is 0 Å². The molecule has 21 heavy (non-hydrogen) atoms. The lowest BCUT2D eigenvalue weighted by Crippen LogP contribution is -2.21. The van der Waals surface area contributed by atoms with Gasteiger partial charge in [0.05, 0.1) is 5.92 Å². The number of nitrogens with one attached hydrogen (secondary N) is 1. The van der Waals surface area contributed by atoms with Crippen molar-refractivity contribution >= 4 is 23.2 Å². The summed E-state index contributed by atoms with van der Waals surface area (Å²) in [5, 5.41) is 3.70. The number of carbonyl (C=O) groups excluding carboxylic acids is 1. The SMILES string of the molecule is CCC[C@@H](C(=O)Nc1ccc(Cl)cc1C)c1ccccc1. The van der Waals surface area contributed by atoms with Crippen LogP contribution < -0.4 is 5.32 Å². The molecule has 0 fully saturated rings. The van der Waals surface area contributed by atoms with Gasteiger partial charge in [0.15, 0.2) is 0 Å². The van der Waals surface area contributed by atoms with Crippen LogP contribution in [0.5, 0.6) is 0 Å². The van der Waals surface area contributed by atoms with Crippen molar-refractivity contribution in [2.75, 3.05) is 5.32 Å². The molecule has 1 amide bonds. The molecular weight excluding hydrogens is 282 g/mol. The number of anilines is 1. The third kappa shape index (κ3) is 4.08. The molecule has 0 radical (unpaired) electrons. The van der Waals surface area contributed by atoms with Crippen LogP contribution in [0.3, 0.4) is 0 Å². The first kappa shape index (κ1) is 15.6. The van der Waals surface area contributed by atoms with Gasteiger partial charge in [-0.1, -0.05) is 55.3 Å². The van der Waals surface area contributed by atoms with E-state index in [9.17, 15) is 4.79 Å². The Labute approximate surface area is 131 Å². The van der Waals surface area contributed by atoms with Crippen molar-refractivity contribution < 1.29 is 4.79 Å². The summed E-state index contributed by atoms with van der Waals surface area (Å²) in [6.45, 7) is 4.04. The first-order chi connectivity index (χ1) is 10.1. The Balaban J connectivity index is 2.19. The highest BCUT2D eigenvalue weighted by Gasteiger charge is 2.20. The van der Waals surface area contributed by atoms with Gasteiger partial charge in [-0.2, -0.15) is 0 Å². The monoisotopic (exact) mass is 301 g/mol. The molecule has 0 aliphatic heterocycles. The number of hydrogen-bond acceptors (Lipinski definition) is 1. The molecule has 0 unspecified atom stereocenters. The van der Waals surface area contributed by atoms with Crippen LogP contribution in [0.2, 0.25) is 5.02 Å². The number of amides is 1. The molecule has 1 atom stereocenters. The topological polar surface area (TPSA) is 29.1 Å². The molecule has 3 heteroatoms. The fraction of sp³-hybridized carbons (Fsp3) is 0.278. The number of carbonyl (C=O) groups is 1. The maximum absolute atomic E-state index is 12.6. The van der Waals surface area contributed by atoms with Crippen LogP contribution >= 0.6 is 11.6 Å². The molecule has 2 nitrogen and oxygen atoms in total. The van der Waals surface area contributed by atoms with E-state index >= 15 is 0 Å². The Hall–Kier alpha value is -1.80. The van der Waals surface area contributed by atoms with E-state index in [1.807, 2.05) is 49.4 Å². The zero-order valence-electron chi connectivity index (χ0n) is 12.4. The van der Waals surface area contributed by atoms with Gasteiger partial charge in [-0.3, -0.25) is 4.79 Å². The van der Waals surface area contributed by atoms with E-state index in [-0.39, 0.29) is 11.8 Å². The predicted molar refractivity (Wildman–Crippen MR) is 88.9 cm³/mol. The molecule has 2 aromatic rings. The van der Waals surface area contributed by atoms with E-state index in [1.54, 1.807) is 6.07 Å². The van der Waals surface area contributed by atoms with Crippen LogP contribution in [0.1, 0.15) is 36.8 Å². The van der Waals surface area contributed by atoms with Crippen molar-refractivity contribution in [2.24, 2.45) is 0 Å². The first-order valence-corrected chi connectivity index (χ1v) is 7.61. The van der Waals surface area contributed by atoms with Gasteiger partial charge in [0.1, 0.15) is 0 Å². The molecule has 0 bridgehead atoms. The predicted octanol–water partition coefficient (Wildman–Crippen LogP) is 5.17. The number of hydrogen-bond donors (Lipinski definition) is 1. The molecule has 0 aromatic heterocycles. The summed E-state index contributed by atoms with van der Waals surface area (Å²) in [5.74, 6) is -0.0836. The highest BCUT2D eigenvalue weighted by molar-refractivity contribution is 6.30. The van der Waals surface area contributed by atoms with Crippen molar-refractivity contribution in [3.63, 3.8) is 0 Å². The van der Waals surface area contributed by atoms with Crippen molar-refractivity contribution in [1.82, 2.24) is 0 Å². The number of aryl methyl sites for hydroxylation is 1. The van der Waals surface area contributed by atoms with Gasteiger partial charge < -0.3 is 5.32 Å². The molecule has 0 spiro atoms. The van der Waals surface area contributed by atoms with Crippen LogP contribution in [-0.2, 0) is 4.79 Å². The molecule has 110 valence electrons.